The minimum atomic E-state index is -0.482. The normalized spacial score (nSPS) is 23.8. The molecule has 2 heterocycles. The molecule has 0 spiro atoms. The molecule has 3 rings (SSSR count). The second-order valence-corrected chi connectivity index (χ2v) is 5.20. The van der Waals surface area contributed by atoms with Crippen LogP contribution in [0.1, 0.15) is 25.7 Å². The van der Waals surface area contributed by atoms with Crippen molar-refractivity contribution in [3.05, 3.63) is 48.0 Å². The van der Waals surface area contributed by atoms with Gasteiger partial charge in [-0.3, -0.25) is 0 Å². The van der Waals surface area contributed by atoms with Crippen molar-refractivity contribution in [1.29, 1.82) is 0 Å². The molecule has 0 aromatic heterocycles. The highest BCUT2D eigenvalue weighted by Crippen LogP contribution is 2.29. The molecule has 1 unspecified atom stereocenters. The number of ether oxygens (including phenoxy) is 3. The predicted molar refractivity (Wildman–Crippen MR) is 77.1 cm³/mol. The van der Waals surface area contributed by atoms with Crippen LogP contribution in [0.5, 0.6) is 0 Å². The van der Waals surface area contributed by atoms with E-state index >= 15 is 0 Å². The van der Waals surface area contributed by atoms with Gasteiger partial charge >= 0.3 is 6.09 Å². The Labute approximate surface area is 128 Å². The first kappa shape index (κ1) is 14.4. The van der Waals surface area contributed by atoms with Gasteiger partial charge in [0.2, 0.25) is 5.88 Å². The maximum atomic E-state index is 11.9. The molecular weight excluding hydrogens is 286 g/mol. The molecule has 6 heteroatoms. The molecule has 0 saturated carbocycles. The first-order valence-corrected chi connectivity index (χ1v) is 7.29. The van der Waals surface area contributed by atoms with Crippen LogP contribution in [-0.4, -0.2) is 29.9 Å². The van der Waals surface area contributed by atoms with Gasteiger partial charge in [0.25, 0.3) is 0 Å². The van der Waals surface area contributed by atoms with Crippen molar-refractivity contribution in [2.75, 3.05) is 6.54 Å². The van der Waals surface area contributed by atoms with Gasteiger partial charge in [-0.05, 0) is 24.8 Å². The lowest BCUT2D eigenvalue weighted by atomic mass is 10.0. The fraction of sp³-hybridized carbons (Fsp3) is 0.375. The van der Waals surface area contributed by atoms with Crippen molar-refractivity contribution >= 4 is 12.4 Å². The van der Waals surface area contributed by atoms with E-state index in [0.717, 1.165) is 24.7 Å². The van der Waals surface area contributed by atoms with E-state index in [-0.39, 0.29) is 6.10 Å². The Morgan fingerprint density at radius 3 is 3.05 bits per heavy atom. The van der Waals surface area contributed by atoms with Crippen LogP contribution in [-0.2, 0) is 19.0 Å². The fourth-order valence-corrected chi connectivity index (χ4v) is 2.49. The van der Waals surface area contributed by atoms with E-state index < -0.39 is 6.09 Å². The lowest BCUT2D eigenvalue weighted by Crippen LogP contribution is -2.27. The van der Waals surface area contributed by atoms with E-state index in [9.17, 15) is 9.59 Å². The highest BCUT2D eigenvalue weighted by Gasteiger charge is 2.35. The van der Waals surface area contributed by atoms with E-state index in [4.69, 9.17) is 14.2 Å². The van der Waals surface area contributed by atoms with Crippen molar-refractivity contribution in [1.82, 2.24) is 4.90 Å². The molecule has 116 valence electrons. The smallest absolute Gasteiger partial charge is 0.417 e. The molecule has 0 radical (unpaired) electrons. The largest absolute Gasteiger partial charge is 0.463 e. The minimum Gasteiger partial charge on any atom is -0.463 e. The van der Waals surface area contributed by atoms with Gasteiger partial charge in [-0.15, -0.1) is 0 Å². The molecule has 2 aliphatic heterocycles. The summed E-state index contributed by atoms with van der Waals surface area (Å²) in [6.45, 7) is 0.355. The Bertz CT molecular complexity index is 587. The monoisotopic (exact) mass is 303 g/mol. The third-order valence-electron chi connectivity index (χ3n) is 3.64. The van der Waals surface area contributed by atoms with E-state index in [1.807, 2.05) is 12.2 Å². The highest BCUT2D eigenvalue weighted by atomic mass is 16.6. The number of cyclic esters (lactones) is 1. The Balaban J connectivity index is 1.64. The van der Waals surface area contributed by atoms with Crippen molar-refractivity contribution in [2.24, 2.45) is 0 Å². The zero-order valence-electron chi connectivity index (χ0n) is 12.1. The zero-order valence-corrected chi connectivity index (χ0v) is 12.1. The number of carbonyl (C=O) groups excluding carboxylic acids is 2. The van der Waals surface area contributed by atoms with Crippen molar-refractivity contribution in [3.63, 3.8) is 0 Å². The average Bonchev–Trinajstić information content (AvgIpc) is 2.95. The predicted octanol–water partition coefficient (Wildman–Crippen LogP) is 2.75. The van der Waals surface area contributed by atoms with Gasteiger partial charge in [-0.1, -0.05) is 18.2 Å². The summed E-state index contributed by atoms with van der Waals surface area (Å²) in [5.41, 5.74) is 1.03. The van der Waals surface area contributed by atoms with Crippen LogP contribution in [0.2, 0.25) is 0 Å². The molecule has 0 N–H and O–H groups in total. The van der Waals surface area contributed by atoms with Gasteiger partial charge in [0.15, 0.2) is 12.0 Å². The average molecular weight is 303 g/mol. The number of hydrogen-bond donors (Lipinski definition) is 0. The van der Waals surface area contributed by atoms with Crippen LogP contribution in [0, 0.1) is 0 Å². The fourth-order valence-electron chi connectivity index (χ4n) is 2.49. The third kappa shape index (κ3) is 3.05. The van der Waals surface area contributed by atoms with Gasteiger partial charge in [0.05, 0.1) is 6.54 Å². The summed E-state index contributed by atoms with van der Waals surface area (Å²) in [5, 5.41) is 0. The van der Waals surface area contributed by atoms with Crippen LogP contribution in [0.15, 0.2) is 48.0 Å². The topological polar surface area (TPSA) is 65.1 Å². The van der Waals surface area contributed by atoms with Crippen LogP contribution in [0.3, 0.4) is 0 Å². The summed E-state index contributed by atoms with van der Waals surface area (Å²) >= 11 is 0. The number of amides is 1. The SMILES string of the molecule is O=CCCC1CN(C2=COC=C(C3=CC=CCC3)O2)C(=O)O1. The first-order valence-electron chi connectivity index (χ1n) is 7.29. The van der Waals surface area contributed by atoms with Gasteiger partial charge in [-0.25, -0.2) is 9.69 Å². The van der Waals surface area contributed by atoms with E-state index in [2.05, 4.69) is 6.08 Å². The Morgan fingerprint density at radius 2 is 2.27 bits per heavy atom. The molecule has 22 heavy (non-hydrogen) atoms. The first-order chi connectivity index (χ1) is 10.8. The summed E-state index contributed by atoms with van der Waals surface area (Å²) in [4.78, 5) is 23.7. The van der Waals surface area contributed by atoms with E-state index in [1.165, 1.54) is 17.4 Å². The standard InChI is InChI=1S/C16H17NO5/c18-8-4-7-13-9-17(16(19)21-13)15-11-20-10-14(22-15)12-5-2-1-3-6-12/h1-2,5,8,10-11,13H,3-4,6-7,9H2. The number of hydrogen-bond acceptors (Lipinski definition) is 5. The Hall–Kier alpha value is -2.50. The number of nitrogens with zero attached hydrogens (tertiary/aromatic N) is 1. The quantitative estimate of drug-likeness (QED) is 0.731. The Morgan fingerprint density at radius 1 is 1.36 bits per heavy atom. The Kier molecular flexibility index (Phi) is 4.27. The molecule has 0 bridgehead atoms. The second-order valence-electron chi connectivity index (χ2n) is 5.20. The van der Waals surface area contributed by atoms with Crippen LogP contribution < -0.4 is 0 Å². The molecule has 3 aliphatic rings. The van der Waals surface area contributed by atoms with Gasteiger partial charge in [0, 0.05) is 6.42 Å². The van der Waals surface area contributed by atoms with E-state index in [1.54, 1.807) is 0 Å². The lowest BCUT2D eigenvalue weighted by molar-refractivity contribution is -0.108. The highest BCUT2D eigenvalue weighted by molar-refractivity contribution is 5.72. The van der Waals surface area contributed by atoms with Crippen molar-refractivity contribution in [3.8, 4) is 0 Å². The molecule has 1 atom stereocenters. The molecule has 6 nitrogen and oxygen atoms in total. The van der Waals surface area contributed by atoms with Crippen LogP contribution in [0.4, 0.5) is 4.79 Å². The van der Waals surface area contributed by atoms with Crippen molar-refractivity contribution < 1.29 is 23.8 Å². The van der Waals surface area contributed by atoms with Gasteiger partial charge in [-0.2, -0.15) is 0 Å². The molecule has 1 saturated heterocycles. The molecule has 0 aromatic rings. The molecular formula is C16H17NO5. The molecule has 1 amide bonds. The van der Waals surface area contributed by atoms with Crippen LogP contribution >= 0.6 is 0 Å². The summed E-state index contributed by atoms with van der Waals surface area (Å²) < 4.78 is 16.3. The molecule has 0 aromatic carbocycles. The summed E-state index contributed by atoms with van der Waals surface area (Å²) in [6, 6.07) is 0. The molecule has 1 fully saturated rings. The summed E-state index contributed by atoms with van der Waals surface area (Å²) in [6.07, 6.45) is 11.7. The van der Waals surface area contributed by atoms with Gasteiger partial charge in [0.1, 0.15) is 18.7 Å². The maximum Gasteiger partial charge on any atom is 0.417 e. The lowest BCUT2D eigenvalue weighted by Gasteiger charge is -2.23. The third-order valence-corrected chi connectivity index (χ3v) is 3.64. The molecule has 1 aliphatic carbocycles. The minimum absolute atomic E-state index is 0.298. The number of carbonyl (C=O) groups is 2. The van der Waals surface area contributed by atoms with E-state index in [0.29, 0.717) is 31.0 Å². The number of allylic oxidation sites excluding steroid dienone is 4. The van der Waals surface area contributed by atoms with Gasteiger partial charge < -0.3 is 19.0 Å². The van der Waals surface area contributed by atoms with Crippen LogP contribution in [0.25, 0.3) is 0 Å². The number of rotatable bonds is 5. The summed E-state index contributed by atoms with van der Waals surface area (Å²) in [7, 11) is 0. The maximum absolute atomic E-state index is 11.9. The second kappa shape index (κ2) is 6.51. The summed E-state index contributed by atoms with van der Waals surface area (Å²) in [5.74, 6) is 0.914. The number of aldehydes is 1. The van der Waals surface area contributed by atoms with Crippen molar-refractivity contribution in [2.45, 2.75) is 31.8 Å². The zero-order chi connectivity index (χ0) is 15.4.